The summed E-state index contributed by atoms with van der Waals surface area (Å²) in [6, 6.07) is 8.50. The van der Waals surface area contributed by atoms with Crippen molar-refractivity contribution in [3.8, 4) is 17.0 Å². The molecule has 0 atom stereocenters. The predicted octanol–water partition coefficient (Wildman–Crippen LogP) is 2.65. The number of morpholine rings is 1. The third-order valence-corrected chi connectivity index (χ3v) is 5.82. The van der Waals surface area contributed by atoms with Gasteiger partial charge in [0.25, 0.3) is 0 Å². The van der Waals surface area contributed by atoms with Crippen LogP contribution in [0.3, 0.4) is 0 Å². The Balaban J connectivity index is 1.64. The van der Waals surface area contributed by atoms with Crippen LogP contribution in [0.1, 0.15) is 25.8 Å². The number of ether oxygens (including phenoxy) is 2. The maximum absolute atomic E-state index is 5.72. The lowest BCUT2D eigenvalue weighted by atomic mass is 10.1. The van der Waals surface area contributed by atoms with Gasteiger partial charge < -0.3 is 24.3 Å². The zero-order valence-electron chi connectivity index (χ0n) is 17.4. The van der Waals surface area contributed by atoms with Crippen LogP contribution in [0.4, 0.5) is 5.95 Å². The molecule has 1 aromatic carbocycles. The Morgan fingerprint density at radius 2 is 2.00 bits per heavy atom. The van der Waals surface area contributed by atoms with E-state index in [0.29, 0.717) is 25.9 Å². The number of hydrogen-bond acceptors (Lipinski definition) is 7. The number of imidazole rings is 1. The summed E-state index contributed by atoms with van der Waals surface area (Å²) in [7, 11) is 0. The van der Waals surface area contributed by atoms with Crippen LogP contribution in [0, 0.1) is 0 Å². The topological polar surface area (TPSA) is 77.3 Å². The van der Waals surface area contributed by atoms with Gasteiger partial charge >= 0.3 is 0 Å². The molecule has 30 heavy (non-hydrogen) atoms. The summed E-state index contributed by atoms with van der Waals surface area (Å²) < 4.78 is 13.5. The molecule has 2 saturated heterocycles. The van der Waals surface area contributed by atoms with Crippen molar-refractivity contribution in [2.24, 2.45) is 0 Å². The minimum atomic E-state index is 0.409. The van der Waals surface area contributed by atoms with Crippen LogP contribution >= 0.6 is 0 Å². The summed E-state index contributed by atoms with van der Waals surface area (Å²) in [6.07, 6.45) is 4.10. The van der Waals surface area contributed by atoms with E-state index in [-0.39, 0.29) is 0 Å². The lowest BCUT2D eigenvalue weighted by Gasteiger charge is -2.28. The van der Waals surface area contributed by atoms with Crippen molar-refractivity contribution in [2.45, 2.75) is 25.8 Å². The number of benzene rings is 1. The second kappa shape index (κ2) is 8.57. The average molecular weight is 409 g/mol. The van der Waals surface area contributed by atoms with Crippen LogP contribution in [0.25, 0.3) is 22.4 Å². The molecule has 4 heterocycles. The lowest BCUT2D eigenvalue weighted by molar-refractivity contribution is 0.122. The zero-order valence-corrected chi connectivity index (χ0v) is 17.4. The standard InChI is InChI=1S/C22H28N6O2/c1-2-30-18-5-3-4-16(14-18)19-20-21(26-22(25-19)27-10-12-29-13-11-27)28(15-24-20)17-6-8-23-9-7-17/h3-5,14-15,17,23H,2,6-13H2,1H3. The van der Waals surface area contributed by atoms with Crippen LogP contribution < -0.4 is 15.0 Å². The van der Waals surface area contributed by atoms with Crippen LogP contribution in [0.15, 0.2) is 30.6 Å². The fourth-order valence-corrected chi connectivity index (χ4v) is 4.26. The highest BCUT2D eigenvalue weighted by molar-refractivity contribution is 5.88. The molecule has 0 spiro atoms. The molecule has 2 fully saturated rings. The second-order valence-electron chi connectivity index (χ2n) is 7.74. The van der Waals surface area contributed by atoms with Gasteiger partial charge in [-0.15, -0.1) is 0 Å². The molecule has 0 saturated carbocycles. The quantitative estimate of drug-likeness (QED) is 0.695. The monoisotopic (exact) mass is 408 g/mol. The molecular weight excluding hydrogens is 380 g/mol. The lowest BCUT2D eigenvalue weighted by Crippen LogP contribution is -2.37. The summed E-state index contributed by atoms with van der Waals surface area (Å²) in [5, 5.41) is 3.44. The first-order valence-corrected chi connectivity index (χ1v) is 10.8. The maximum atomic E-state index is 5.72. The Morgan fingerprint density at radius 1 is 1.17 bits per heavy atom. The number of piperidine rings is 1. The largest absolute Gasteiger partial charge is 0.494 e. The third kappa shape index (κ3) is 3.73. The smallest absolute Gasteiger partial charge is 0.228 e. The number of rotatable bonds is 5. The molecule has 8 nitrogen and oxygen atoms in total. The van der Waals surface area contributed by atoms with Gasteiger partial charge in [0, 0.05) is 24.7 Å². The summed E-state index contributed by atoms with van der Waals surface area (Å²) in [6.45, 7) is 7.66. The normalized spacial score (nSPS) is 18.1. The van der Waals surface area contributed by atoms with Crippen molar-refractivity contribution in [1.82, 2.24) is 24.8 Å². The molecule has 0 unspecified atom stereocenters. The molecule has 2 aliphatic rings. The van der Waals surface area contributed by atoms with E-state index in [1.54, 1.807) is 0 Å². The molecular formula is C22H28N6O2. The molecule has 0 radical (unpaired) electrons. The summed E-state index contributed by atoms with van der Waals surface area (Å²) in [5.74, 6) is 1.59. The van der Waals surface area contributed by atoms with E-state index in [0.717, 1.165) is 73.1 Å². The molecule has 2 aliphatic heterocycles. The third-order valence-electron chi connectivity index (χ3n) is 5.82. The first-order chi connectivity index (χ1) is 14.8. The first kappa shape index (κ1) is 19.3. The molecule has 0 aliphatic carbocycles. The van der Waals surface area contributed by atoms with Crippen molar-refractivity contribution >= 4 is 17.1 Å². The van der Waals surface area contributed by atoms with E-state index in [1.807, 2.05) is 31.5 Å². The SMILES string of the molecule is CCOc1cccc(-c2nc(N3CCOCC3)nc3c2ncn3C2CCNCC2)c1. The van der Waals surface area contributed by atoms with Gasteiger partial charge in [-0.2, -0.15) is 4.98 Å². The molecule has 5 rings (SSSR count). The zero-order chi connectivity index (χ0) is 20.3. The highest BCUT2D eigenvalue weighted by atomic mass is 16.5. The van der Waals surface area contributed by atoms with Gasteiger partial charge in [-0.25, -0.2) is 9.97 Å². The van der Waals surface area contributed by atoms with Crippen molar-refractivity contribution < 1.29 is 9.47 Å². The molecule has 1 N–H and O–H groups in total. The molecule has 2 aromatic heterocycles. The number of nitrogens with one attached hydrogen (secondary N) is 1. The van der Waals surface area contributed by atoms with Gasteiger partial charge in [0.15, 0.2) is 5.65 Å². The number of nitrogens with zero attached hydrogens (tertiary/aromatic N) is 5. The van der Waals surface area contributed by atoms with Crippen LogP contribution in [0.2, 0.25) is 0 Å². The minimum Gasteiger partial charge on any atom is -0.494 e. The van der Waals surface area contributed by atoms with Gasteiger partial charge in [0.05, 0.1) is 26.1 Å². The highest BCUT2D eigenvalue weighted by Gasteiger charge is 2.23. The van der Waals surface area contributed by atoms with E-state index in [2.05, 4.69) is 20.9 Å². The van der Waals surface area contributed by atoms with Gasteiger partial charge in [0.2, 0.25) is 5.95 Å². The molecule has 8 heteroatoms. The number of fused-ring (bicyclic) bond motifs is 1. The van der Waals surface area contributed by atoms with Gasteiger partial charge in [-0.05, 0) is 45.0 Å². The summed E-state index contributed by atoms with van der Waals surface area (Å²) >= 11 is 0. The predicted molar refractivity (Wildman–Crippen MR) is 116 cm³/mol. The summed E-state index contributed by atoms with van der Waals surface area (Å²) in [5.41, 5.74) is 3.61. The van der Waals surface area contributed by atoms with Crippen LogP contribution in [0.5, 0.6) is 5.75 Å². The van der Waals surface area contributed by atoms with Crippen molar-refractivity contribution in [3.05, 3.63) is 30.6 Å². The molecule has 3 aromatic rings. The fraction of sp³-hybridized carbons (Fsp3) is 0.500. The van der Waals surface area contributed by atoms with Crippen molar-refractivity contribution in [2.75, 3.05) is 50.9 Å². The summed E-state index contributed by atoms with van der Waals surface area (Å²) in [4.78, 5) is 16.9. The minimum absolute atomic E-state index is 0.409. The molecule has 158 valence electrons. The maximum Gasteiger partial charge on any atom is 0.228 e. The van der Waals surface area contributed by atoms with Crippen molar-refractivity contribution in [3.63, 3.8) is 0 Å². The first-order valence-electron chi connectivity index (χ1n) is 10.8. The fourth-order valence-electron chi connectivity index (χ4n) is 4.26. The Kier molecular flexibility index (Phi) is 5.50. The average Bonchev–Trinajstić information content (AvgIpc) is 3.24. The van der Waals surface area contributed by atoms with Gasteiger partial charge in [-0.1, -0.05) is 12.1 Å². The highest BCUT2D eigenvalue weighted by Crippen LogP contribution is 2.32. The number of aromatic nitrogens is 4. The van der Waals surface area contributed by atoms with E-state index < -0.39 is 0 Å². The Bertz CT molecular complexity index is 1010. The van der Waals surface area contributed by atoms with Crippen LogP contribution in [-0.4, -0.2) is 65.5 Å². The van der Waals surface area contributed by atoms with E-state index in [4.69, 9.17) is 24.4 Å². The Labute approximate surface area is 176 Å². The molecule has 0 bridgehead atoms. The van der Waals surface area contributed by atoms with Gasteiger partial charge in [-0.3, -0.25) is 0 Å². The van der Waals surface area contributed by atoms with Crippen LogP contribution in [-0.2, 0) is 4.74 Å². The Morgan fingerprint density at radius 3 is 2.80 bits per heavy atom. The van der Waals surface area contributed by atoms with Gasteiger partial charge in [0.1, 0.15) is 17.0 Å². The van der Waals surface area contributed by atoms with Crippen molar-refractivity contribution in [1.29, 1.82) is 0 Å². The second-order valence-corrected chi connectivity index (χ2v) is 7.74. The number of hydrogen-bond donors (Lipinski definition) is 1. The Hall–Kier alpha value is -2.71. The van der Waals surface area contributed by atoms with E-state index in [9.17, 15) is 0 Å². The molecule has 0 amide bonds. The van der Waals surface area contributed by atoms with E-state index >= 15 is 0 Å². The number of anilines is 1. The van der Waals surface area contributed by atoms with E-state index in [1.165, 1.54) is 0 Å².